The van der Waals surface area contributed by atoms with Crippen molar-refractivity contribution in [2.24, 2.45) is 0 Å². The lowest BCUT2D eigenvalue weighted by Crippen LogP contribution is -1.93. The molecule has 0 fully saturated rings. The van der Waals surface area contributed by atoms with E-state index in [0.29, 0.717) is 0 Å². The van der Waals surface area contributed by atoms with Crippen molar-refractivity contribution in [2.45, 2.75) is 12.6 Å². The van der Waals surface area contributed by atoms with E-state index >= 15 is 0 Å². The highest BCUT2D eigenvalue weighted by Gasteiger charge is 1.97. The summed E-state index contributed by atoms with van der Waals surface area (Å²) in [5.74, 6) is 0. The highest BCUT2D eigenvalue weighted by molar-refractivity contribution is 9.10. The molecule has 3 heteroatoms. The molecule has 0 spiro atoms. The Balaban J connectivity index is 3.06. The highest BCUT2D eigenvalue weighted by atomic mass is 79.9. The van der Waals surface area contributed by atoms with Crippen molar-refractivity contribution in [3.8, 4) is 0 Å². The van der Waals surface area contributed by atoms with Crippen LogP contribution >= 0.6 is 15.9 Å². The van der Waals surface area contributed by atoms with Gasteiger partial charge in [-0.05, 0) is 12.1 Å². The van der Waals surface area contributed by atoms with Gasteiger partial charge in [0.15, 0.2) is 0 Å². The average molecular weight is 209 g/mol. The smallest absolute Gasteiger partial charge is 0.0584 e. The molecule has 0 aliphatic rings. The van der Waals surface area contributed by atoms with Gasteiger partial charge in [-0.3, -0.25) is 0 Å². The van der Waals surface area contributed by atoms with Crippen LogP contribution in [0.2, 0.25) is 0 Å². The van der Waals surface area contributed by atoms with Gasteiger partial charge in [-0.2, -0.15) is 0 Å². The quantitative estimate of drug-likeness (QED) is 0.629. The van der Waals surface area contributed by atoms with E-state index in [-0.39, 0.29) is 0 Å². The van der Waals surface area contributed by atoms with E-state index in [1.54, 1.807) is 0 Å². The maximum absolute atomic E-state index is 3.47. The molecule has 0 radical (unpaired) electrons. The first-order valence-corrected chi connectivity index (χ1v) is 4.84. The van der Waals surface area contributed by atoms with E-state index in [1.165, 1.54) is 15.6 Å². The SMILES string of the molecule is BCc1ccc(Br)cc1CB. The maximum Gasteiger partial charge on any atom is 0.107 e. The molecule has 1 aromatic carbocycles. The second kappa shape index (κ2) is 4.01. The lowest BCUT2D eigenvalue weighted by atomic mass is 9.87. The fraction of sp³-hybridized carbons (Fsp3) is 0.250. The van der Waals surface area contributed by atoms with Gasteiger partial charge < -0.3 is 0 Å². The molecule has 1 rings (SSSR count). The molecule has 11 heavy (non-hydrogen) atoms. The van der Waals surface area contributed by atoms with Crippen molar-refractivity contribution in [1.82, 2.24) is 0 Å². The molecule has 1 aromatic rings. The summed E-state index contributed by atoms with van der Waals surface area (Å²) >= 11 is 3.47. The lowest BCUT2D eigenvalue weighted by molar-refractivity contribution is 1.26. The van der Waals surface area contributed by atoms with E-state index < -0.39 is 0 Å². The monoisotopic (exact) mass is 208 g/mol. The molecule has 0 nitrogen and oxygen atoms in total. The standard InChI is InChI=1S/C8H11B2Br/c9-4-6-1-2-8(11)3-7(6)5-10/h1-3H,4-5,9-10H2. The van der Waals surface area contributed by atoms with Crippen LogP contribution in [0.5, 0.6) is 0 Å². The second-order valence-electron chi connectivity index (χ2n) is 2.62. The summed E-state index contributed by atoms with van der Waals surface area (Å²) in [6, 6.07) is 6.51. The normalized spacial score (nSPS) is 9.91. The molecule has 0 saturated heterocycles. The van der Waals surface area contributed by atoms with Crippen molar-refractivity contribution in [2.75, 3.05) is 0 Å². The van der Waals surface area contributed by atoms with Gasteiger partial charge in [0.25, 0.3) is 0 Å². The van der Waals surface area contributed by atoms with Crippen molar-refractivity contribution < 1.29 is 0 Å². The molecular formula is C8H11B2Br. The largest absolute Gasteiger partial charge is 0.107 e. The topological polar surface area (TPSA) is 0 Å². The summed E-state index contributed by atoms with van der Waals surface area (Å²) in [4.78, 5) is 0. The Kier molecular flexibility index (Phi) is 3.25. The van der Waals surface area contributed by atoms with Crippen LogP contribution in [0.25, 0.3) is 0 Å². The highest BCUT2D eigenvalue weighted by Crippen LogP contribution is 2.16. The zero-order valence-electron chi connectivity index (χ0n) is 7.02. The molecule has 0 amide bonds. The van der Waals surface area contributed by atoms with Gasteiger partial charge in [-0.25, -0.2) is 0 Å². The molecule has 0 saturated carbocycles. The van der Waals surface area contributed by atoms with Crippen LogP contribution in [0.1, 0.15) is 11.1 Å². The van der Waals surface area contributed by atoms with Gasteiger partial charge in [-0.1, -0.05) is 45.8 Å². The zero-order chi connectivity index (χ0) is 8.27. The van der Waals surface area contributed by atoms with E-state index in [1.807, 2.05) is 0 Å². The summed E-state index contributed by atoms with van der Waals surface area (Å²) < 4.78 is 1.19. The van der Waals surface area contributed by atoms with E-state index in [0.717, 1.165) is 12.6 Å². The summed E-state index contributed by atoms with van der Waals surface area (Å²) in [7, 11) is 4.39. The number of hydrogen-bond donors (Lipinski definition) is 0. The molecule has 0 N–H and O–H groups in total. The number of rotatable bonds is 2. The molecule has 56 valence electrons. The maximum atomic E-state index is 3.47. The van der Waals surface area contributed by atoms with E-state index in [4.69, 9.17) is 0 Å². The van der Waals surface area contributed by atoms with Crippen LogP contribution in [0, 0.1) is 0 Å². The third-order valence-electron chi connectivity index (χ3n) is 1.93. The minimum absolute atomic E-state index is 1.13. The molecule has 0 aliphatic heterocycles. The minimum atomic E-state index is 1.13. The summed E-state index contributed by atoms with van der Waals surface area (Å²) in [6.45, 7) is 0. The van der Waals surface area contributed by atoms with Crippen molar-refractivity contribution in [3.05, 3.63) is 33.8 Å². The average Bonchev–Trinajstić information content (AvgIpc) is 2.04. The fourth-order valence-corrected chi connectivity index (χ4v) is 1.68. The minimum Gasteiger partial charge on any atom is -0.0584 e. The van der Waals surface area contributed by atoms with Gasteiger partial charge in [0, 0.05) is 4.47 Å². The third kappa shape index (κ3) is 2.13. The Bertz CT molecular complexity index is 248. The van der Waals surface area contributed by atoms with Crippen molar-refractivity contribution in [1.29, 1.82) is 0 Å². The van der Waals surface area contributed by atoms with Crippen LogP contribution in [0.4, 0.5) is 0 Å². The predicted octanol–water partition coefficient (Wildman–Crippen LogP) is 0.715. The molecule has 0 aromatic heterocycles. The van der Waals surface area contributed by atoms with Crippen LogP contribution in [0.15, 0.2) is 22.7 Å². The summed E-state index contributed by atoms with van der Waals surface area (Å²) in [6.07, 6.45) is 2.26. The van der Waals surface area contributed by atoms with Crippen LogP contribution in [0.3, 0.4) is 0 Å². The van der Waals surface area contributed by atoms with Gasteiger partial charge in [0.1, 0.15) is 15.7 Å². The first-order valence-electron chi connectivity index (χ1n) is 4.05. The van der Waals surface area contributed by atoms with Crippen molar-refractivity contribution in [3.63, 3.8) is 0 Å². The first-order chi connectivity index (χ1) is 5.27. The van der Waals surface area contributed by atoms with Gasteiger partial charge >= 0.3 is 0 Å². The molecule has 0 heterocycles. The summed E-state index contributed by atoms with van der Waals surface area (Å²) in [5.41, 5.74) is 2.93. The van der Waals surface area contributed by atoms with E-state index in [9.17, 15) is 0 Å². The van der Waals surface area contributed by atoms with Crippen molar-refractivity contribution >= 4 is 31.6 Å². The Labute approximate surface area is 78.3 Å². The third-order valence-corrected chi connectivity index (χ3v) is 2.42. The molecule has 0 atom stereocenters. The Morgan fingerprint density at radius 1 is 1.09 bits per heavy atom. The molecule has 0 unspecified atom stereocenters. The van der Waals surface area contributed by atoms with Crippen LogP contribution in [-0.2, 0) is 12.6 Å². The lowest BCUT2D eigenvalue weighted by Gasteiger charge is -2.04. The Morgan fingerprint density at radius 2 is 1.73 bits per heavy atom. The Morgan fingerprint density at radius 3 is 2.27 bits per heavy atom. The summed E-state index contributed by atoms with van der Waals surface area (Å²) in [5, 5.41) is 0. The predicted molar refractivity (Wildman–Crippen MR) is 58.6 cm³/mol. The van der Waals surface area contributed by atoms with Gasteiger partial charge in [0.2, 0.25) is 0 Å². The first kappa shape index (κ1) is 8.92. The van der Waals surface area contributed by atoms with E-state index in [2.05, 4.69) is 49.8 Å². The number of halogens is 1. The van der Waals surface area contributed by atoms with Gasteiger partial charge in [-0.15, -0.1) is 0 Å². The molecular weight excluding hydrogens is 198 g/mol. The second-order valence-corrected chi connectivity index (χ2v) is 3.54. The number of benzene rings is 1. The number of hydrogen-bond acceptors (Lipinski definition) is 0. The van der Waals surface area contributed by atoms with Gasteiger partial charge in [0.05, 0.1) is 0 Å². The fourth-order valence-electron chi connectivity index (χ4n) is 1.27. The Hall–Kier alpha value is -0.170. The zero-order valence-corrected chi connectivity index (χ0v) is 8.61. The molecule has 0 aliphatic carbocycles. The van der Waals surface area contributed by atoms with Crippen LogP contribution in [-0.4, -0.2) is 15.7 Å². The van der Waals surface area contributed by atoms with Crippen LogP contribution < -0.4 is 0 Å². The molecule has 0 bridgehead atoms.